The average molecular weight is 435 g/mol. The molecule has 3 aromatic rings. The van der Waals surface area contributed by atoms with Crippen molar-refractivity contribution in [1.82, 2.24) is 15.6 Å². The van der Waals surface area contributed by atoms with Gasteiger partial charge in [0.1, 0.15) is 18.1 Å². The minimum atomic E-state index is -0.628. The number of benzene rings is 1. The second kappa shape index (κ2) is 8.93. The SMILES string of the molecule is CCOC(=O)C1=C(COC(=O)c2cc(-c3ccc(C)o3)nc3ccccc23)NC(=O)NC1. The lowest BCUT2D eigenvalue weighted by molar-refractivity contribution is -0.138. The Morgan fingerprint density at radius 1 is 1.12 bits per heavy atom. The van der Waals surface area contributed by atoms with Gasteiger partial charge in [-0.2, -0.15) is 0 Å². The van der Waals surface area contributed by atoms with Crippen LogP contribution in [0.15, 0.2) is 58.2 Å². The number of fused-ring (bicyclic) bond motifs is 1. The van der Waals surface area contributed by atoms with Gasteiger partial charge in [-0.3, -0.25) is 0 Å². The second-order valence-corrected chi connectivity index (χ2v) is 7.04. The zero-order valence-electron chi connectivity index (χ0n) is 17.6. The van der Waals surface area contributed by atoms with Crippen LogP contribution in [0.5, 0.6) is 0 Å². The highest BCUT2D eigenvalue weighted by Gasteiger charge is 2.25. The van der Waals surface area contributed by atoms with Crippen molar-refractivity contribution in [3.63, 3.8) is 0 Å². The predicted molar refractivity (Wildman–Crippen MR) is 115 cm³/mol. The van der Waals surface area contributed by atoms with Gasteiger partial charge < -0.3 is 24.5 Å². The largest absolute Gasteiger partial charge is 0.463 e. The summed E-state index contributed by atoms with van der Waals surface area (Å²) in [6, 6.07) is 11.9. The number of ether oxygens (including phenoxy) is 2. The Bertz CT molecular complexity index is 1240. The first-order chi connectivity index (χ1) is 15.5. The Labute approximate surface area is 183 Å². The number of nitrogens with zero attached hydrogens (tertiary/aromatic N) is 1. The molecule has 1 aliphatic heterocycles. The van der Waals surface area contributed by atoms with E-state index >= 15 is 0 Å². The molecule has 9 nitrogen and oxygen atoms in total. The number of esters is 2. The Kier molecular flexibility index (Phi) is 5.89. The zero-order chi connectivity index (χ0) is 22.7. The van der Waals surface area contributed by atoms with Crippen LogP contribution in [0, 0.1) is 6.92 Å². The molecule has 1 aromatic carbocycles. The standard InChI is InChI=1S/C23H21N3O6/c1-3-30-22(28)16-11-24-23(29)26-19(16)12-31-21(27)15-10-18(20-9-8-13(2)32-20)25-17-7-5-4-6-14(15)17/h4-10H,3,11-12H2,1-2H3,(H2,24,26,29). The number of hydrogen-bond acceptors (Lipinski definition) is 7. The van der Waals surface area contributed by atoms with Crippen molar-refractivity contribution in [2.75, 3.05) is 19.8 Å². The van der Waals surface area contributed by atoms with Gasteiger partial charge in [-0.05, 0) is 38.1 Å². The maximum absolute atomic E-state index is 13.0. The van der Waals surface area contributed by atoms with E-state index in [0.29, 0.717) is 22.4 Å². The fraction of sp³-hybridized carbons (Fsp3) is 0.217. The number of para-hydroxylation sites is 1. The van der Waals surface area contributed by atoms with Crippen molar-refractivity contribution in [3.8, 4) is 11.5 Å². The summed E-state index contributed by atoms with van der Waals surface area (Å²) in [4.78, 5) is 41.5. The molecule has 164 valence electrons. The van der Waals surface area contributed by atoms with Crippen LogP contribution in [-0.4, -0.2) is 42.7 Å². The Balaban J connectivity index is 1.65. The molecule has 0 aliphatic carbocycles. The molecule has 3 heterocycles. The molecule has 0 bridgehead atoms. The maximum atomic E-state index is 13.0. The molecule has 2 amide bonds. The minimum Gasteiger partial charge on any atom is -0.463 e. The predicted octanol–water partition coefficient (Wildman–Crippen LogP) is 3.09. The summed E-state index contributed by atoms with van der Waals surface area (Å²) in [6.45, 7) is 3.37. The Morgan fingerprint density at radius 3 is 2.69 bits per heavy atom. The van der Waals surface area contributed by atoms with E-state index in [4.69, 9.17) is 13.9 Å². The number of aromatic nitrogens is 1. The third-order valence-electron chi connectivity index (χ3n) is 4.85. The number of urea groups is 1. The van der Waals surface area contributed by atoms with Gasteiger partial charge in [0.05, 0.1) is 35.5 Å². The average Bonchev–Trinajstić information content (AvgIpc) is 3.23. The third kappa shape index (κ3) is 4.31. The van der Waals surface area contributed by atoms with Crippen LogP contribution < -0.4 is 10.6 Å². The van der Waals surface area contributed by atoms with Gasteiger partial charge in [0, 0.05) is 5.39 Å². The fourth-order valence-corrected chi connectivity index (χ4v) is 3.33. The molecule has 32 heavy (non-hydrogen) atoms. The molecule has 1 aliphatic rings. The number of carbonyl (C=O) groups excluding carboxylic acids is 3. The van der Waals surface area contributed by atoms with Gasteiger partial charge in [-0.25, -0.2) is 19.4 Å². The van der Waals surface area contributed by atoms with Gasteiger partial charge in [0.25, 0.3) is 0 Å². The van der Waals surface area contributed by atoms with Crippen molar-refractivity contribution >= 4 is 28.9 Å². The molecule has 2 N–H and O–H groups in total. The number of carbonyl (C=O) groups is 3. The van der Waals surface area contributed by atoms with Crippen molar-refractivity contribution in [2.45, 2.75) is 13.8 Å². The lowest BCUT2D eigenvalue weighted by Gasteiger charge is -2.21. The van der Waals surface area contributed by atoms with Gasteiger partial charge >= 0.3 is 18.0 Å². The monoisotopic (exact) mass is 435 g/mol. The number of rotatable bonds is 6. The smallest absolute Gasteiger partial charge is 0.339 e. The molecule has 0 radical (unpaired) electrons. The van der Waals surface area contributed by atoms with Crippen molar-refractivity contribution in [3.05, 3.63) is 65.1 Å². The van der Waals surface area contributed by atoms with Crippen LogP contribution in [0.1, 0.15) is 23.0 Å². The van der Waals surface area contributed by atoms with E-state index in [1.807, 2.05) is 19.1 Å². The summed E-state index contributed by atoms with van der Waals surface area (Å²) in [5.41, 5.74) is 1.77. The van der Waals surface area contributed by atoms with Gasteiger partial charge in [0.2, 0.25) is 0 Å². The highest BCUT2D eigenvalue weighted by Crippen LogP contribution is 2.27. The van der Waals surface area contributed by atoms with E-state index in [1.165, 1.54) is 0 Å². The molecule has 0 fully saturated rings. The normalized spacial score (nSPS) is 13.5. The Hall–Kier alpha value is -4.14. The van der Waals surface area contributed by atoms with E-state index < -0.39 is 18.0 Å². The molecule has 0 unspecified atom stereocenters. The highest BCUT2D eigenvalue weighted by molar-refractivity contribution is 6.04. The summed E-state index contributed by atoms with van der Waals surface area (Å²) in [6.07, 6.45) is 0. The number of nitrogens with one attached hydrogen (secondary N) is 2. The molecule has 0 saturated heterocycles. The summed E-state index contributed by atoms with van der Waals surface area (Å²) in [7, 11) is 0. The number of aryl methyl sites for hydroxylation is 1. The number of furan rings is 1. The van der Waals surface area contributed by atoms with Crippen molar-refractivity contribution < 1.29 is 28.3 Å². The highest BCUT2D eigenvalue weighted by atomic mass is 16.5. The molecule has 0 saturated carbocycles. The van der Waals surface area contributed by atoms with E-state index in [1.54, 1.807) is 37.3 Å². The van der Waals surface area contributed by atoms with Gasteiger partial charge in [0.15, 0.2) is 5.76 Å². The topological polar surface area (TPSA) is 120 Å². The lowest BCUT2D eigenvalue weighted by atomic mass is 10.1. The van der Waals surface area contributed by atoms with E-state index in [-0.39, 0.29) is 36.6 Å². The van der Waals surface area contributed by atoms with Crippen LogP contribution in [0.4, 0.5) is 4.79 Å². The van der Waals surface area contributed by atoms with Crippen LogP contribution in [0.25, 0.3) is 22.4 Å². The van der Waals surface area contributed by atoms with Crippen molar-refractivity contribution in [1.29, 1.82) is 0 Å². The fourth-order valence-electron chi connectivity index (χ4n) is 3.33. The van der Waals surface area contributed by atoms with E-state index in [9.17, 15) is 14.4 Å². The molecule has 0 spiro atoms. The number of hydrogen-bond donors (Lipinski definition) is 2. The molecular weight excluding hydrogens is 414 g/mol. The summed E-state index contributed by atoms with van der Waals surface area (Å²) in [5, 5.41) is 5.63. The lowest BCUT2D eigenvalue weighted by Crippen LogP contribution is -2.45. The molecule has 4 rings (SSSR count). The summed E-state index contributed by atoms with van der Waals surface area (Å²) < 4.78 is 16.1. The zero-order valence-corrected chi connectivity index (χ0v) is 17.6. The van der Waals surface area contributed by atoms with E-state index in [0.717, 1.165) is 5.76 Å². The van der Waals surface area contributed by atoms with Crippen LogP contribution >= 0.6 is 0 Å². The van der Waals surface area contributed by atoms with Crippen LogP contribution in [-0.2, 0) is 14.3 Å². The van der Waals surface area contributed by atoms with E-state index in [2.05, 4.69) is 15.6 Å². The number of amides is 2. The minimum absolute atomic E-state index is 0.0161. The first-order valence-electron chi connectivity index (χ1n) is 10.0. The van der Waals surface area contributed by atoms with Gasteiger partial charge in [-0.15, -0.1) is 0 Å². The molecule has 2 aromatic heterocycles. The second-order valence-electron chi connectivity index (χ2n) is 7.04. The third-order valence-corrected chi connectivity index (χ3v) is 4.85. The summed E-state index contributed by atoms with van der Waals surface area (Å²) in [5.74, 6) is 0.0342. The summed E-state index contributed by atoms with van der Waals surface area (Å²) >= 11 is 0. The quantitative estimate of drug-likeness (QED) is 0.571. The Morgan fingerprint density at radius 2 is 1.94 bits per heavy atom. The first kappa shape index (κ1) is 21.1. The van der Waals surface area contributed by atoms with Crippen LogP contribution in [0.3, 0.4) is 0 Å². The molecular formula is C23H21N3O6. The molecule has 9 heteroatoms. The van der Waals surface area contributed by atoms with Crippen molar-refractivity contribution in [2.24, 2.45) is 0 Å². The maximum Gasteiger partial charge on any atom is 0.339 e. The molecule has 0 atom stereocenters. The van der Waals surface area contributed by atoms with Gasteiger partial charge in [-0.1, -0.05) is 18.2 Å². The van der Waals surface area contributed by atoms with Crippen LogP contribution in [0.2, 0.25) is 0 Å². The first-order valence-corrected chi connectivity index (χ1v) is 10.0. The number of pyridine rings is 1.